The number of halogens is 5. The zero-order chi connectivity index (χ0) is 26.8. The van der Waals surface area contributed by atoms with E-state index in [1.807, 2.05) is 0 Å². The largest absolute Gasteiger partial charge is 0.435 e. The smallest absolute Gasteiger partial charge is 0.374 e. The molecule has 1 amide bonds. The van der Waals surface area contributed by atoms with Crippen molar-refractivity contribution in [2.75, 3.05) is 0 Å². The maximum Gasteiger partial charge on any atom is 0.435 e. The maximum atomic E-state index is 14.4. The lowest BCUT2D eigenvalue weighted by atomic mass is 9.85. The second-order valence-corrected chi connectivity index (χ2v) is 9.36. The van der Waals surface area contributed by atoms with Gasteiger partial charge >= 0.3 is 6.18 Å². The minimum Gasteiger partial charge on any atom is -0.374 e. The second kappa shape index (κ2) is 10.4. The van der Waals surface area contributed by atoms with E-state index in [1.54, 1.807) is 49.4 Å². The van der Waals surface area contributed by atoms with Gasteiger partial charge in [-0.1, -0.05) is 59.5 Å². The first-order valence-electron chi connectivity index (χ1n) is 11.2. The van der Waals surface area contributed by atoms with E-state index in [1.165, 1.54) is 6.07 Å². The zero-order valence-electron chi connectivity index (χ0n) is 19.5. The predicted octanol–water partition coefficient (Wildman–Crippen LogP) is 7.14. The number of nitriles is 1. The molecule has 0 bridgehead atoms. The van der Waals surface area contributed by atoms with Gasteiger partial charge in [-0.15, -0.1) is 0 Å². The molecule has 1 aliphatic heterocycles. The molecule has 0 aromatic heterocycles. The first-order chi connectivity index (χ1) is 17.6. The van der Waals surface area contributed by atoms with Gasteiger partial charge in [0.15, 0.2) is 0 Å². The Balaban J connectivity index is 1.76. The molecule has 37 heavy (non-hydrogen) atoms. The molecule has 3 aromatic rings. The van der Waals surface area contributed by atoms with Crippen molar-refractivity contribution in [1.29, 1.82) is 5.26 Å². The average Bonchev–Trinajstić information content (AvgIpc) is 3.34. The van der Waals surface area contributed by atoms with E-state index in [9.17, 15) is 23.2 Å². The summed E-state index contributed by atoms with van der Waals surface area (Å²) in [4.78, 5) is 17.0. The van der Waals surface area contributed by atoms with Crippen molar-refractivity contribution >= 4 is 34.8 Å². The highest BCUT2D eigenvalue weighted by Gasteiger charge is 2.62. The lowest BCUT2D eigenvalue weighted by Crippen LogP contribution is -2.42. The third-order valence-electron chi connectivity index (χ3n) is 6.06. The summed E-state index contributed by atoms with van der Waals surface area (Å²) in [6.07, 6.45) is -5.12. The van der Waals surface area contributed by atoms with Gasteiger partial charge < -0.3 is 10.2 Å². The Labute approximate surface area is 221 Å². The molecule has 0 fully saturated rings. The van der Waals surface area contributed by atoms with E-state index >= 15 is 0 Å². The van der Waals surface area contributed by atoms with Crippen LogP contribution in [0.15, 0.2) is 65.8 Å². The Morgan fingerprint density at radius 2 is 1.84 bits per heavy atom. The predicted molar refractivity (Wildman–Crippen MR) is 135 cm³/mol. The summed E-state index contributed by atoms with van der Waals surface area (Å²) in [7, 11) is 0. The van der Waals surface area contributed by atoms with Gasteiger partial charge in [0.1, 0.15) is 0 Å². The number of carbonyl (C=O) groups is 1. The molecule has 0 spiro atoms. The highest BCUT2D eigenvalue weighted by atomic mass is 35.5. The fourth-order valence-corrected chi connectivity index (χ4v) is 4.63. The Kier molecular flexibility index (Phi) is 7.49. The third kappa shape index (κ3) is 5.43. The Morgan fingerprint density at radius 1 is 1.11 bits per heavy atom. The number of alkyl halides is 3. The third-order valence-corrected chi connectivity index (χ3v) is 6.49. The summed E-state index contributed by atoms with van der Waals surface area (Å²) < 4.78 is 43.2. The normalized spacial score (nSPS) is 17.1. The first-order valence-corrected chi connectivity index (χ1v) is 12.0. The first kappa shape index (κ1) is 26.5. The van der Waals surface area contributed by atoms with Gasteiger partial charge in [0.2, 0.25) is 5.91 Å². The van der Waals surface area contributed by atoms with Gasteiger partial charge in [-0.2, -0.15) is 18.4 Å². The van der Waals surface area contributed by atoms with Crippen LogP contribution >= 0.6 is 23.2 Å². The number of hydrogen-bond acceptors (Lipinski definition) is 4. The van der Waals surface area contributed by atoms with Gasteiger partial charge in [-0.3, -0.25) is 4.79 Å². The number of rotatable bonds is 6. The summed E-state index contributed by atoms with van der Waals surface area (Å²) in [5, 5.41) is 16.1. The topological polar surface area (TPSA) is 74.5 Å². The Bertz CT molecular complexity index is 1410. The van der Waals surface area contributed by atoms with Crippen LogP contribution in [0.5, 0.6) is 0 Å². The van der Waals surface area contributed by atoms with Crippen molar-refractivity contribution < 1.29 is 22.8 Å². The molecule has 3 aromatic carbocycles. The molecule has 0 aliphatic carbocycles. The van der Waals surface area contributed by atoms with E-state index in [4.69, 9.17) is 28.0 Å². The van der Waals surface area contributed by atoms with E-state index in [0.717, 1.165) is 17.7 Å². The molecule has 1 unspecified atom stereocenters. The summed E-state index contributed by atoms with van der Waals surface area (Å²) in [6, 6.07) is 17.6. The summed E-state index contributed by atoms with van der Waals surface area (Å²) >= 11 is 12.0. The number of benzene rings is 3. The van der Waals surface area contributed by atoms with Gasteiger partial charge in [-0.25, -0.2) is 0 Å². The van der Waals surface area contributed by atoms with E-state index < -0.39 is 18.2 Å². The maximum absolute atomic E-state index is 14.4. The van der Waals surface area contributed by atoms with Crippen LogP contribution in [0.25, 0.3) is 11.1 Å². The van der Waals surface area contributed by atoms with Crippen LogP contribution in [-0.4, -0.2) is 17.8 Å². The fourth-order valence-electron chi connectivity index (χ4n) is 4.10. The van der Waals surface area contributed by atoms with Crippen LogP contribution in [0, 0.1) is 11.3 Å². The number of nitrogens with one attached hydrogen (secondary N) is 1. The van der Waals surface area contributed by atoms with Crippen LogP contribution < -0.4 is 5.32 Å². The molecular weight excluding hydrogens is 526 g/mol. The van der Waals surface area contributed by atoms with Gasteiger partial charge in [0.25, 0.3) is 5.60 Å². The van der Waals surface area contributed by atoms with Crippen molar-refractivity contribution in [3.63, 3.8) is 0 Å². The van der Waals surface area contributed by atoms with Crippen molar-refractivity contribution in [2.45, 2.75) is 38.1 Å². The van der Waals surface area contributed by atoms with Crippen LogP contribution in [0.1, 0.15) is 42.0 Å². The fraction of sp³-hybridized carbons (Fsp3) is 0.222. The minimum atomic E-state index is -4.82. The minimum absolute atomic E-state index is 0.0429. The molecule has 5 nitrogen and oxygen atoms in total. The second-order valence-electron chi connectivity index (χ2n) is 8.48. The number of nitrogens with zero attached hydrogens (tertiary/aromatic N) is 2. The SMILES string of the molecule is CCC(=O)NCc1ccc(C2=NOC(c3cc(Cl)cc(Cl)c3)(C(F)(F)F)C2)cc1-c1cccc(C#N)c1. The Hall–Kier alpha value is -3.54. The Morgan fingerprint density at radius 3 is 2.49 bits per heavy atom. The molecule has 1 heterocycles. The molecular formula is C27H20Cl2F3N3O2. The van der Waals surface area contributed by atoms with Crippen molar-refractivity contribution in [3.8, 4) is 17.2 Å². The van der Waals surface area contributed by atoms with Gasteiger partial charge in [-0.05, 0) is 53.1 Å². The molecule has 1 aliphatic rings. The van der Waals surface area contributed by atoms with E-state index in [2.05, 4.69) is 16.5 Å². The van der Waals surface area contributed by atoms with Crippen LogP contribution in [0.4, 0.5) is 13.2 Å². The molecule has 1 atom stereocenters. The lowest BCUT2D eigenvalue weighted by molar-refractivity contribution is -0.275. The summed E-state index contributed by atoms with van der Waals surface area (Å²) in [5.41, 5.74) is -0.0693. The highest BCUT2D eigenvalue weighted by molar-refractivity contribution is 6.34. The van der Waals surface area contributed by atoms with Gasteiger partial charge in [0.05, 0.1) is 17.3 Å². The average molecular weight is 546 g/mol. The number of hydrogen-bond donors (Lipinski definition) is 1. The molecule has 1 N–H and O–H groups in total. The number of carbonyl (C=O) groups excluding carboxylic acids is 1. The van der Waals surface area contributed by atoms with Crippen molar-refractivity contribution in [1.82, 2.24) is 5.32 Å². The molecule has 0 radical (unpaired) electrons. The van der Waals surface area contributed by atoms with E-state index in [0.29, 0.717) is 28.7 Å². The van der Waals surface area contributed by atoms with Crippen molar-refractivity contribution in [3.05, 3.63) is 93.0 Å². The molecule has 0 saturated carbocycles. The standard InChI is InChI=1S/C27H20Cl2F3N3O2/c1-2-25(36)34-15-19-7-6-18(9-23(19)17-5-3-4-16(8-17)14-33)24-13-26(37-35-24,27(30,31)32)20-10-21(28)12-22(29)11-20/h3-12H,2,13,15H2,1H3,(H,34,36). The quantitative estimate of drug-likeness (QED) is 0.357. The van der Waals surface area contributed by atoms with Crippen LogP contribution in [0.2, 0.25) is 10.0 Å². The number of oxime groups is 1. The molecule has 190 valence electrons. The zero-order valence-corrected chi connectivity index (χ0v) is 21.0. The van der Waals surface area contributed by atoms with Gasteiger partial charge in [0, 0.05) is 40.6 Å². The van der Waals surface area contributed by atoms with Crippen LogP contribution in [0.3, 0.4) is 0 Å². The van der Waals surface area contributed by atoms with Crippen molar-refractivity contribution in [2.24, 2.45) is 5.16 Å². The number of amides is 1. The summed E-state index contributed by atoms with van der Waals surface area (Å²) in [6.45, 7) is 1.93. The lowest BCUT2D eigenvalue weighted by Gasteiger charge is -2.29. The molecule has 10 heteroatoms. The molecule has 0 saturated heterocycles. The molecule has 4 rings (SSSR count). The van der Waals surface area contributed by atoms with E-state index in [-0.39, 0.29) is 33.8 Å². The van der Waals surface area contributed by atoms with Crippen LogP contribution in [-0.2, 0) is 21.8 Å². The monoisotopic (exact) mass is 545 g/mol. The summed E-state index contributed by atoms with van der Waals surface area (Å²) in [5.74, 6) is -0.149. The highest BCUT2D eigenvalue weighted by Crippen LogP contribution is 2.50.